The van der Waals surface area contributed by atoms with Crippen LogP contribution in [0.25, 0.3) is 32.9 Å². The van der Waals surface area contributed by atoms with Crippen LogP contribution in [0.4, 0.5) is 14.6 Å². The van der Waals surface area contributed by atoms with Crippen LogP contribution in [0.2, 0.25) is 0 Å². The first-order valence-electron chi connectivity index (χ1n) is 18.8. The van der Waals surface area contributed by atoms with Crippen LogP contribution < -0.4 is 9.64 Å². The lowest BCUT2D eigenvalue weighted by Gasteiger charge is -2.40. The molecule has 280 valence electrons. The zero-order valence-electron chi connectivity index (χ0n) is 31.8. The van der Waals surface area contributed by atoms with Gasteiger partial charge in [0.25, 0.3) is 0 Å². The molecule has 1 unspecified atom stereocenters. The number of nitrogens with zero attached hydrogens (tertiary/aromatic N) is 7. The Bertz CT molecular complexity index is 2250. The predicted molar refractivity (Wildman–Crippen MR) is 207 cm³/mol. The van der Waals surface area contributed by atoms with Crippen molar-refractivity contribution in [2.45, 2.75) is 83.2 Å². The fourth-order valence-electron chi connectivity index (χ4n) is 8.94. The van der Waals surface area contributed by atoms with Crippen LogP contribution in [-0.4, -0.2) is 82.1 Å². The number of benzene rings is 2. The van der Waals surface area contributed by atoms with E-state index in [2.05, 4.69) is 47.2 Å². The van der Waals surface area contributed by atoms with E-state index in [0.29, 0.717) is 47.2 Å². The molecule has 5 heterocycles. The smallest absolute Gasteiger partial charge is 0.319 e. The Balaban J connectivity index is 1.43. The molecule has 7 rings (SSSR count). The molecule has 2 aromatic carbocycles. The minimum absolute atomic E-state index is 0.000429. The van der Waals surface area contributed by atoms with Crippen molar-refractivity contribution in [1.82, 2.24) is 24.8 Å². The third-order valence-electron chi connectivity index (χ3n) is 12.2. The van der Waals surface area contributed by atoms with Crippen molar-refractivity contribution in [3.63, 3.8) is 0 Å². The number of rotatable bonds is 8. The summed E-state index contributed by atoms with van der Waals surface area (Å²) in [5.74, 6) is 1.37. The van der Waals surface area contributed by atoms with Gasteiger partial charge >= 0.3 is 6.01 Å². The second kappa shape index (κ2) is 13.9. The quantitative estimate of drug-likeness (QED) is 0.135. The van der Waals surface area contributed by atoms with Crippen molar-refractivity contribution >= 4 is 33.4 Å². The first kappa shape index (κ1) is 37.2. The minimum Gasteiger partial charge on any atom is -0.461 e. The van der Waals surface area contributed by atoms with Crippen LogP contribution in [0.3, 0.4) is 0 Å². The molecule has 1 atom stereocenters. The Morgan fingerprint density at radius 3 is 2.56 bits per heavy atom. The van der Waals surface area contributed by atoms with E-state index in [-0.39, 0.29) is 51.3 Å². The summed E-state index contributed by atoms with van der Waals surface area (Å²) in [6, 6.07) is 8.48. The van der Waals surface area contributed by atoms with Crippen LogP contribution in [-0.2, 0) is 10.2 Å². The van der Waals surface area contributed by atoms with Gasteiger partial charge in [-0.3, -0.25) is 14.7 Å². The lowest BCUT2D eigenvalue weighted by atomic mass is 9.80. The number of halogens is 2. The molecule has 0 radical (unpaired) electrons. The second-order valence-electron chi connectivity index (χ2n) is 16.4. The van der Waals surface area contributed by atoms with Crippen molar-refractivity contribution in [1.29, 1.82) is 5.26 Å². The Kier molecular flexibility index (Phi) is 9.60. The number of amides is 1. The normalized spacial score (nSPS) is 19.6. The van der Waals surface area contributed by atoms with E-state index in [1.807, 2.05) is 0 Å². The Morgan fingerprint density at radius 1 is 1.15 bits per heavy atom. The number of carbonyl (C=O) groups excluding carboxylic acids is 1. The average molecular weight is 732 g/mol. The van der Waals surface area contributed by atoms with E-state index < -0.39 is 17.0 Å². The molecule has 0 aliphatic carbocycles. The number of carbonyl (C=O) groups is 1. The van der Waals surface area contributed by atoms with E-state index >= 15 is 8.78 Å². The molecule has 0 N–H and O–H groups in total. The fourth-order valence-corrected chi connectivity index (χ4v) is 8.94. The van der Waals surface area contributed by atoms with Crippen molar-refractivity contribution in [2.75, 3.05) is 44.7 Å². The molecule has 4 aromatic rings. The minimum atomic E-state index is -0.956. The summed E-state index contributed by atoms with van der Waals surface area (Å²) >= 11 is 0. The Hall–Kier alpha value is -5.13. The fraction of sp³-hybridized carbons (Fsp3) is 0.465. The molecule has 0 bridgehead atoms. The number of aromatic nitrogens is 3. The lowest BCUT2D eigenvalue weighted by Crippen LogP contribution is -2.50. The number of nitriles is 1. The molecule has 3 aliphatic rings. The first-order chi connectivity index (χ1) is 25.7. The van der Waals surface area contributed by atoms with Gasteiger partial charge in [0.05, 0.1) is 34.0 Å². The van der Waals surface area contributed by atoms with E-state index in [1.54, 1.807) is 50.2 Å². The Morgan fingerprint density at radius 2 is 1.87 bits per heavy atom. The summed E-state index contributed by atoms with van der Waals surface area (Å²) in [5, 5.41) is 11.3. The Labute approximate surface area is 316 Å². The summed E-state index contributed by atoms with van der Waals surface area (Å²) in [5.41, 5.74) is -0.538. The molecular formula is C43H47F2N7O2. The number of fused-ring (bicyclic) bond motifs is 3. The number of likely N-dealkylation sites (N-methyl/N-ethyl adjacent to an activating group) is 1. The van der Waals surface area contributed by atoms with Crippen molar-refractivity contribution in [2.24, 2.45) is 5.41 Å². The highest BCUT2D eigenvalue weighted by molar-refractivity contribution is 6.02. The van der Waals surface area contributed by atoms with Gasteiger partial charge in [0.2, 0.25) is 5.91 Å². The molecule has 3 aliphatic heterocycles. The summed E-state index contributed by atoms with van der Waals surface area (Å²) in [4.78, 5) is 33.6. The number of hydrogen-bond acceptors (Lipinski definition) is 8. The molecule has 3 saturated heterocycles. The van der Waals surface area contributed by atoms with Gasteiger partial charge in [0.15, 0.2) is 5.82 Å². The van der Waals surface area contributed by atoms with Gasteiger partial charge < -0.3 is 14.5 Å². The standard InChI is InChI=1S/C43H47F2N7O2/c1-8-29-32(44)14-13-27-21-28(42(5,6)25-46)22-30(35(27)29)37-36(45)38-31(23-47-37)39(49-40(48-38)54-26-43-16-11-19-52(43)20-12-17-43)51-18-10-15-41(3,4)33(24-51)50(7)34(53)9-2/h1,9,13-14,21-23,33H,2,10-12,15-20,24,26H2,3-7H3. The van der Waals surface area contributed by atoms with Crippen molar-refractivity contribution < 1.29 is 18.3 Å². The zero-order valence-corrected chi connectivity index (χ0v) is 31.8. The number of ether oxygens (including phenoxy) is 1. The maximum absolute atomic E-state index is 17.5. The van der Waals surface area contributed by atoms with Gasteiger partial charge in [-0.2, -0.15) is 15.2 Å². The number of anilines is 1. The summed E-state index contributed by atoms with van der Waals surface area (Å²) < 4.78 is 39.2. The van der Waals surface area contributed by atoms with Crippen LogP contribution in [0.5, 0.6) is 6.01 Å². The highest BCUT2D eigenvalue weighted by atomic mass is 19.1. The molecule has 54 heavy (non-hydrogen) atoms. The molecule has 3 fully saturated rings. The van der Waals surface area contributed by atoms with Crippen molar-refractivity contribution in [3.8, 4) is 35.7 Å². The zero-order chi connectivity index (χ0) is 38.6. The topological polar surface area (TPSA) is 98.5 Å². The molecule has 2 aromatic heterocycles. The summed E-state index contributed by atoms with van der Waals surface area (Å²) in [7, 11) is 1.79. The highest BCUT2D eigenvalue weighted by Crippen LogP contribution is 2.42. The van der Waals surface area contributed by atoms with Crippen LogP contribution in [0.1, 0.15) is 77.3 Å². The van der Waals surface area contributed by atoms with E-state index in [4.69, 9.17) is 21.1 Å². The highest BCUT2D eigenvalue weighted by Gasteiger charge is 2.45. The molecule has 9 nitrogen and oxygen atoms in total. The van der Waals surface area contributed by atoms with Gasteiger partial charge in [-0.25, -0.2) is 8.78 Å². The third kappa shape index (κ3) is 6.32. The van der Waals surface area contributed by atoms with Crippen LogP contribution in [0, 0.1) is 40.7 Å². The van der Waals surface area contributed by atoms with E-state index in [9.17, 15) is 10.1 Å². The maximum atomic E-state index is 17.5. The maximum Gasteiger partial charge on any atom is 0.319 e. The molecular weight excluding hydrogens is 685 g/mol. The van der Waals surface area contributed by atoms with Gasteiger partial charge in [-0.05, 0) is 106 Å². The van der Waals surface area contributed by atoms with Gasteiger partial charge in [0, 0.05) is 37.3 Å². The number of hydrogen-bond donors (Lipinski definition) is 0. The predicted octanol–water partition coefficient (Wildman–Crippen LogP) is 7.55. The van der Waals surface area contributed by atoms with Gasteiger partial charge in [-0.1, -0.05) is 32.4 Å². The molecule has 0 saturated carbocycles. The first-order valence-corrected chi connectivity index (χ1v) is 18.8. The molecule has 0 spiro atoms. The molecule has 1 amide bonds. The van der Waals surface area contributed by atoms with E-state index in [1.165, 1.54) is 12.1 Å². The average Bonchev–Trinajstić information content (AvgIpc) is 3.70. The largest absolute Gasteiger partial charge is 0.461 e. The summed E-state index contributed by atoms with van der Waals surface area (Å²) in [6.07, 6.45) is 14.6. The number of pyridine rings is 1. The van der Waals surface area contributed by atoms with E-state index in [0.717, 1.165) is 51.6 Å². The van der Waals surface area contributed by atoms with Crippen LogP contribution >= 0.6 is 0 Å². The van der Waals surface area contributed by atoms with Crippen LogP contribution in [0.15, 0.2) is 43.1 Å². The number of terminal acetylenes is 1. The van der Waals surface area contributed by atoms with Gasteiger partial charge in [-0.15, -0.1) is 6.42 Å². The van der Waals surface area contributed by atoms with Crippen molar-refractivity contribution in [3.05, 3.63) is 65.9 Å². The third-order valence-corrected chi connectivity index (χ3v) is 12.2. The SMILES string of the molecule is C#Cc1c(F)ccc2cc(C(C)(C)C#N)cc(-c3ncc4c(N5CCCC(C)(C)C(N(C)C(=O)C=C)C5)nc(OCC56CCCN5CCC6)nc4c3F)c12. The second-order valence-corrected chi connectivity index (χ2v) is 16.4. The monoisotopic (exact) mass is 731 g/mol. The lowest BCUT2D eigenvalue weighted by molar-refractivity contribution is -0.128. The molecule has 11 heteroatoms. The summed E-state index contributed by atoms with van der Waals surface area (Å²) in [6.45, 7) is 15.0. The van der Waals surface area contributed by atoms with Gasteiger partial charge in [0.1, 0.15) is 29.5 Å².